The minimum Gasteiger partial charge on any atom is -0.372 e. The molecule has 0 aromatic carbocycles. The van der Waals surface area contributed by atoms with E-state index in [9.17, 15) is 0 Å². The third kappa shape index (κ3) is 3.65. The van der Waals surface area contributed by atoms with E-state index in [1.807, 2.05) is 0 Å². The van der Waals surface area contributed by atoms with Crippen molar-refractivity contribution in [1.82, 2.24) is 0 Å². The molecule has 2 nitrogen and oxygen atoms in total. The highest BCUT2D eigenvalue weighted by Gasteiger charge is 2.28. The van der Waals surface area contributed by atoms with Crippen LogP contribution < -0.4 is 5.73 Å². The molecule has 1 rings (SSSR count). The van der Waals surface area contributed by atoms with Crippen molar-refractivity contribution < 1.29 is 4.74 Å². The molecule has 0 spiro atoms. The zero-order valence-electron chi connectivity index (χ0n) is 9.18. The van der Waals surface area contributed by atoms with Crippen LogP contribution in [0.4, 0.5) is 0 Å². The first kappa shape index (κ1) is 11.0. The van der Waals surface area contributed by atoms with Gasteiger partial charge in [-0.25, -0.2) is 0 Å². The van der Waals surface area contributed by atoms with Crippen molar-refractivity contribution in [3.05, 3.63) is 0 Å². The van der Waals surface area contributed by atoms with Crippen LogP contribution in [0.2, 0.25) is 0 Å². The van der Waals surface area contributed by atoms with Crippen LogP contribution in [-0.4, -0.2) is 18.2 Å². The first-order valence-corrected chi connectivity index (χ1v) is 5.41. The van der Waals surface area contributed by atoms with Crippen LogP contribution in [0.5, 0.6) is 0 Å². The molecule has 0 aromatic rings. The van der Waals surface area contributed by atoms with Gasteiger partial charge in [-0.3, -0.25) is 0 Å². The molecule has 2 heteroatoms. The summed E-state index contributed by atoms with van der Waals surface area (Å²) in [5.74, 6) is 0.591. The highest BCUT2D eigenvalue weighted by molar-refractivity contribution is 4.79. The molecule has 2 atom stereocenters. The lowest BCUT2D eigenvalue weighted by Crippen LogP contribution is -2.38. The summed E-state index contributed by atoms with van der Waals surface area (Å²) in [4.78, 5) is 0. The molecule has 0 aliphatic heterocycles. The molecule has 1 fully saturated rings. The molecule has 0 aromatic heterocycles. The van der Waals surface area contributed by atoms with Crippen LogP contribution in [0, 0.1) is 5.92 Å². The van der Waals surface area contributed by atoms with E-state index >= 15 is 0 Å². The Morgan fingerprint density at radius 2 is 1.85 bits per heavy atom. The van der Waals surface area contributed by atoms with Crippen molar-refractivity contribution in [2.24, 2.45) is 11.7 Å². The fourth-order valence-electron chi connectivity index (χ4n) is 2.05. The number of hydrogen-bond acceptors (Lipinski definition) is 2. The van der Waals surface area contributed by atoms with Crippen LogP contribution in [-0.2, 0) is 4.74 Å². The SMILES string of the molecule is CC(C)(C)OC1CCCCC1CN. The van der Waals surface area contributed by atoms with Crippen LogP contribution in [0.15, 0.2) is 0 Å². The normalized spacial score (nSPS) is 30.5. The second-order valence-electron chi connectivity index (χ2n) is 5.05. The van der Waals surface area contributed by atoms with Crippen LogP contribution in [0.3, 0.4) is 0 Å². The van der Waals surface area contributed by atoms with Gasteiger partial charge in [-0.05, 0) is 46.1 Å². The summed E-state index contributed by atoms with van der Waals surface area (Å²) in [6.07, 6.45) is 5.47. The van der Waals surface area contributed by atoms with Crippen molar-refractivity contribution in [2.75, 3.05) is 6.54 Å². The Morgan fingerprint density at radius 3 is 2.38 bits per heavy atom. The van der Waals surface area contributed by atoms with E-state index in [2.05, 4.69) is 20.8 Å². The highest BCUT2D eigenvalue weighted by atomic mass is 16.5. The smallest absolute Gasteiger partial charge is 0.0622 e. The fraction of sp³-hybridized carbons (Fsp3) is 1.00. The number of ether oxygens (including phenoxy) is 1. The molecule has 0 amide bonds. The summed E-state index contributed by atoms with van der Waals surface area (Å²) in [5, 5.41) is 0. The number of hydrogen-bond donors (Lipinski definition) is 1. The minimum atomic E-state index is -0.0184. The van der Waals surface area contributed by atoms with E-state index in [0.29, 0.717) is 12.0 Å². The third-order valence-corrected chi connectivity index (χ3v) is 2.65. The molecule has 2 N–H and O–H groups in total. The van der Waals surface area contributed by atoms with Crippen molar-refractivity contribution in [1.29, 1.82) is 0 Å². The van der Waals surface area contributed by atoms with E-state index < -0.39 is 0 Å². The van der Waals surface area contributed by atoms with Gasteiger partial charge >= 0.3 is 0 Å². The average Bonchev–Trinajstić information content (AvgIpc) is 2.02. The van der Waals surface area contributed by atoms with Gasteiger partial charge in [0.15, 0.2) is 0 Å². The molecule has 78 valence electrons. The van der Waals surface area contributed by atoms with Gasteiger partial charge in [-0.2, -0.15) is 0 Å². The molecule has 1 aliphatic rings. The topological polar surface area (TPSA) is 35.2 Å². The molecule has 0 radical (unpaired) electrons. The van der Waals surface area contributed by atoms with E-state index in [0.717, 1.165) is 6.54 Å². The molecule has 1 saturated carbocycles. The monoisotopic (exact) mass is 185 g/mol. The third-order valence-electron chi connectivity index (χ3n) is 2.65. The van der Waals surface area contributed by atoms with Gasteiger partial charge in [0.1, 0.15) is 0 Å². The van der Waals surface area contributed by atoms with Gasteiger partial charge in [-0.15, -0.1) is 0 Å². The van der Waals surface area contributed by atoms with E-state index in [4.69, 9.17) is 10.5 Å². The summed E-state index contributed by atoms with van der Waals surface area (Å²) in [5.41, 5.74) is 5.71. The summed E-state index contributed by atoms with van der Waals surface area (Å²) in [6, 6.07) is 0. The molecule has 0 bridgehead atoms. The quantitative estimate of drug-likeness (QED) is 0.716. The van der Waals surface area contributed by atoms with E-state index in [1.54, 1.807) is 0 Å². The van der Waals surface area contributed by atoms with Gasteiger partial charge < -0.3 is 10.5 Å². The first-order valence-electron chi connectivity index (χ1n) is 5.41. The van der Waals surface area contributed by atoms with Crippen LogP contribution in [0.25, 0.3) is 0 Å². The van der Waals surface area contributed by atoms with E-state index in [1.165, 1.54) is 25.7 Å². The van der Waals surface area contributed by atoms with Crippen molar-refractivity contribution >= 4 is 0 Å². The second kappa shape index (κ2) is 4.43. The molecule has 13 heavy (non-hydrogen) atoms. The van der Waals surface area contributed by atoms with Crippen molar-refractivity contribution in [2.45, 2.75) is 58.2 Å². The predicted molar refractivity (Wildman–Crippen MR) is 55.6 cm³/mol. The summed E-state index contributed by atoms with van der Waals surface area (Å²) in [7, 11) is 0. The second-order valence-corrected chi connectivity index (χ2v) is 5.05. The summed E-state index contributed by atoms with van der Waals surface area (Å²) < 4.78 is 6.00. The standard InChI is InChI=1S/C11H23NO/c1-11(2,3)13-10-7-5-4-6-9(10)8-12/h9-10H,4-8,12H2,1-3H3. The Hall–Kier alpha value is -0.0800. The van der Waals surface area contributed by atoms with E-state index in [-0.39, 0.29) is 5.60 Å². The predicted octanol–water partition coefficient (Wildman–Crippen LogP) is 2.32. The number of rotatable bonds is 2. The first-order chi connectivity index (χ1) is 6.03. The molecule has 2 unspecified atom stereocenters. The molecular formula is C11H23NO. The molecule has 1 aliphatic carbocycles. The molecule has 0 heterocycles. The zero-order chi connectivity index (χ0) is 9.90. The van der Waals surface area contributed by atoms with Crippen molar-refractivity contribution in [3.63, 3.8) is 0 Å². The largest absolute Gasteiger partial charge is 0.372 e. The Labute approximate surface area is 81.8 Å². The van der Waals surface area contributed by atoms with Crippen LogP contribution >= 0.6 is 0 Å². The Bertz CT molecular complexity index is 151. The van der Waals surface area contributed by atoms with Crippen LogP contribution in [0.1, 0.15) is 46.5 Å². The maximum atomic E-state index is 6.00. The maximum Gasteiger partial charge on any atom is 0.0622 e. The highest BCUT2D eigenvalue weighted by Crippen LogP contribution is 2.29. The fourth-order valence-corrected chi connectivity index (χ4v) is 2.05. The summed E-state index contributed by atoms with van der Waals surface area (Å²) >= 11 is 0. The van der Waals surface area contributed by atoms with Gasteiger partial charge in [0.2, 0.25) is 0 Å². The number of nitrogens with two attached hydrogens (primary N) is 1. The van der Waals surface area contributed by atoms with Crippen molar-refractivity contribution in [3.8, 4) is 0 Å². The van der Waals surface area contributed by atoms with Gasteiger partial charge in [0.25, 0.3) is 0 Å². The molecule has 0 saturated heterocycles. The lowest BCUT2D eigenvalue weighted by atomic mass is 9.86. The average molecular weight is 185 g/mol. The van der Waals surface area contributed by atoms with Gasteiger partial charge in [0, 0.05) is 0 Å². The van der Waals surface area contributed by atoms with Gasteiger partial charge in [-0.1, -0.05) is 12.8 Å². The lowest BCUT2D eigenvalue weighted by molar-refractivity contribution is -0.0963. The Balaban J connectivity index is 2.45. The Morgan fingerprint density at radius 1 is 1.23 bits per heavy atom. The Kier molecular flexibility index (Phi) is 3.74. The minimum absolute atomic E-state index is 0.0184. The lowest BCUT2D eigenvalue weighted by Gasteiger charge is -2.35. The maximum absolute atomic E-state index is 6.00. The van der Waals surface area contributed by atoms with Gasteiger partial charge in [0.05, 0.1) is 11.7 Å². The summed E-state index contributed by atoms with van der Waals surface area (Å²) in [6.45, 7) is 7.14. The molecular weight excluding hydrogens is 162 g/mol. The zero-order valence-corrected chi connectivity index (χ0v) is 9.18.